The fourth-order valence-corrected chi connectivity index (χ4v) is 2.46. The van der Waals surface area contributed by atoms with Crippen molar-refractivity contribution in [2.75, 3.05) is 0 Å². The van der Waals surface area contributed by atoms with Gasteiger partial charge in [0.1, 0.15) is 11.9 Å². The smallest absolute Gasteiger partial charge is 0.338 e. The van der Waals surface area contributed by atoms with E-state index in [0.29, 0.717) is 11.1 Å². The number of esters is 1. The standard InChI is InChI=1S/C18H17BrO3/c1-18(2,3)22-17(21)15-8-14(9-16(19)10-15)13-6-4-12(11-20)5-7-13/h4-11H,1-3H3. The summed E-state index contributed by atoms with van der Waals surface area (Å²) < 4.78 is 6.20. The van der Waals surface area contributed by atoms with Gasteiger partial charge in [0, 0.05) is 10.0 Å². The Morgan fingerprint density at radius 2 is 1.68 bits per heavy atom. The molecule has 0 fully saturated rings. The molecule has 0 atom stereocenters. The van der Waals surface area contributed by atoms with Crippen LogP contribution in [0.4, 0.5) is 0 Å². The van der Waals surface area contributed by atoms with Crippen LogP contribution in [0.15, 0.2) is 46.9 Å². The molecule has 0 radical (unpaired) electrons. The Balaban J connectivity index is 2.37. The molecule has 0 aliphatic rings. The first kappa shape index (κ1) is 16.4. The molecule has 0 amide bonds. The van der Waals surface area contributed by atoms with Crippen LogP contribution < -0.4 is 0 Å². The molecule has 0 saturated carbocycles. The first-order chi connectivity index (χ1) is 10.3. The molecule has 0 aliphatic carbocycles. The van der Waals surface area contributed by atoms with E-state index in [0.717, 1.165) is 21.9 Å². The molecule has 2 aromatic carbocycles. The molecule has 3 nitrogen and oxygen atoms in total. The maximum Gasteiger partial charge on any atom is 0.338 e. The summed E-state index contributed by atoms with van der Waals surface area (Å²) in [6.07, 6.45) is 0.802. The topological polar surface area (TPSA) is 43.4 Å². The molecule has 0 spiro atoms. The van der Waals surface area contributed by atoms with Crippen LogP contribution in [0, 0.1) is 0 Å². The van der Waals surface area contributed by atoms with Gasteiger partial charge in [0.2, 0.25) is 0 Å². The summed E-state index contributed by atoms with van der Waals surface area (Å²) >= 11 is 3.42. The molecule has 0 aromatic heterocycles. The van der Waals surface area contributed by atoms with Crippen LogP contribution in [0.3, 0.4) is 0 Å². The Bertz CT molecular complexity index is 697. The average molecular weight is 361 g/mol. The van der Waals surface area contributed by atoms with Gasteiger partial charge in [-0.2, -0.15) is 0 Å². The summed E-state index contributed by atoms with van der Waals surface area (Å²) in [4.78, 5) is 22.9. The zero-order valence-electron chi connectivity index (χ0n) is 12.7. The van der Waals surface area contributed by atoms with E-state index < -0.39 is 5.60 Å². The van der Waals surface area contributed by atoms with Gasteiger partial charge in [0.15, 0.2) is 0 Å². The van der Waals surface area contributed by atoms with E-state index in [1.165, 1.54) is 0 Å². The fraction of sp³-hybridized carbons (Fsp3) is 0.222. The maximum absolute atomic E-state index is 12.2. The highest BCUT2D eigenvalue weighted by molar-refractivity contribution is 9.10. The predicted molar refractivity (Wildman–Crippen MR) is 90.1 cm³/mol. The van der Waals surface area contributed by atoms with Gasteiger partial charge in [0.05, 0.1) is 5.56 Å². The second kappa shape index (κ2) is 6.44. The fourth-order valence-electron chi connectivity index (χ4n) is 1.97. The van der Waals surface area contributed by atoms with E-state index in [9.17, 15) is 9.59 Å². The van der Waals surface area contributed by atoms with Crippen LogP contribution in [0.25, 0.3) is 11.1 Å². The number of benzene rings is 2. The molecule has 22 heavy (non-hydrogen) atoms. The molecule has 0 aliphatic heterocycles. The molecule has 0 saturated heterocycles. The van der Waals surface area contributed by atoms with Crippen LogP contribution in [-0.4, -0.2) is 17.9 Å². The normalized spacial score (nSPS) is 11.1. The largest absolute Gasteiger partial charge is 0.456 e. The Labute approximate surface area is 138 Å². The van der Waals surface area contributed by atoms with Crippen LogP contribution in [0.2, 0.25) is 0 Å². The van der Waals surface area contributed by atoms with Gasteiger partial charge < -0.3 is 4.74 Å². The SMILES string of the molecule is CC(C)(C)OC(=O)c1cc(Br)cc(-c2ccc(C=O)cc2)c1. The van der Waals surface area contributed by atoms with Crippen LogP contribution in [0.5, 0.6) is 0 Å². The molecular formula is C18H17BrO3. The molecule has 2 aromatic rings. The summed E-state index contributed by atoms with van der Waals surface area (Å²) in [7, 11) is 0. The first-order valence-corrected chi connectivity index (χ1v) is 7.67. The number of rotatable bonds is 3. The van der Waals surface area contributed by atoms with E-state index in [1.807, 2.05) is 39.0 Å². The molecule has 2 rings (SSSR count). The van der Waals surface area contributed by atoms with Crippen molar-refractivity contribution in [3.63, 3.8) is 0 Å². The van der Waals surface area contributed by atoms with Crippen molar-refractivity contribution < 1.29 is 14.3 Å². The van der Waals surface area contributed by atoms with Gasteiger partial charge in [-0.15, -0.1) is 0 Å². The van der Waals surface area contributed by atoms with Gasteiger partial charge in [-0.3, -0.25) is 4.79 Å². The summed E-state index contributed by atoms with van der Waals surface area (Å²) in [6.45, 7) is 5.51. The summed E-state index contributed by atoms with van der Waals surface area (Å²) in [6, 6.07) is 12.6. The van der Waals surface area contributed by atoms with Crippen molar-refractivity contribution >= 4 is 28.2 Å². The predicted octanol–water partition coefficient (Wildman–Crippen LogP) is 4.88. The number of aldehydes is 1. The monoisotopic (exact) mass is 360 g/mol. The summed E-state index contributed by atoms with van der Waals surface area (Å²) in [5.41, 5.74) is 2.37. The van der Waals surface area contributed by atoms with Crippen molar-refractivity contribution in [3.8, 4) is 11.1 Å². The molecule has 4 heteroatoms. The second-order valence-corrected chi connectivity index (χ2v) is 6.89. The molecule has 0 N–H and O–H groups in total. The van der Waals surface area contributed by atoms with Gasteiger partial charge in [-0.1, -0.05) is 40.2 Å². The summed E-state index contributed by atoms with van der Waals surface area (Å²) in [5, 5.41) is 0. The number of carbonyl (C=O) groups excluding carboxylic acids is 2. The van der Waals surface area contributed by atoms with Gasteiger partial charge >= 0.3 is 5.97 Å². The molecule has 0 bridgehead atoms. The highest BCUT2D eigenvalue weighted by Crippen LogP contribution is 2.26. The quantitative estimate of drug-likeness (QED) is 0.578. The van der Waals surface area contributed by atoms with Crippen molar-refractivity contribution in [1.29, 1.82) is 0 Å². The molecule has 0 heterocycles. The highest BCUT2D eigenvalue weighted by atomic mass is 79.9. The number of halogens is 1. The minimum atomic E-state index is -0.537. The Morgan fingerprint density at radius 3 is 2.23 bits per heavy atom. The molecule has 0 unspecified atom stereocenters. The maximum atomic E-state index is 12.2. The van der Waals surface area contributed by atoms with Crippen molar-refractivity contribution in [1.82, 2.24) is 0 Å². The van der Waals surface area contributed by atoms with E-state index in [2.05, 4.69) is 15.9 Å². The zero-order valence-corrected chi connectivity index (χ0v) is 14.3. The molecule has 114 valence electrons. The highest BCUT2D eigenvalue weighted by Gasteiger charge is 2.18. The van der Waals surface area contributed by atoms with Crippen LogP contribution in [-0.2, 0) is 4.74 Å². The van der Waals surface area contributed by atoms with E-state index in [4.69, 9.17) is 4.74 Å². The van der Waals surface area contributed by atoms with Gasteiger partial charge in [0.25, 0.3) is 0 Å². The Kier molecular flexibility index (Phi) is 4.81. The van der Waals surface area contributed by atoms with Crippen LogP contribution in [0.1, 0.15) is 41.5 Å². The number of ether oxygens (including phenoxy) is 1. The Hall–Kier alpha value is -1.94. The van der Waals surface area contributed by atoms with Crippen molar-refractivity contribution in [3.05, 3.63) is 58.1 Å². The lowest BCUT2D eigenvalue weighted by Crippen LogP contribution is -2.23. The van der Waals surface area contributed by atoms with Crippen molar-refractivity contribution in [2.45, 2.75) is 26.4 Å². The second-order valence-electron chi connectivity index (χ2n) is 5.97. The minimum absolute atomic E-state index is 0.362. The van der Waals surface area contributed by atoms with Gasteiger partial charge in [-0.05, 0) is 50.1 Å². The first-order valence-electron chi connectivity index (χ1n) is 6.88. The number of hydrogen-bond acceptors (Lipinski definition) is 3. The van der Waals surface area contributed by atoms with E-state index in [1.54, 1.807) is 24.3 Å². The third-order valence-corrected chi connectivity index (χ3v) is 3.37. The molecular weight excluding hydrogens is 344 g/mol. The van der Waals surface area contributed by atoms with E-state index >= 15 is 0 Å². The van der Waals surface area contributed by atoms with E-state index in [-0.39, 0.29) is 5.97 Å². The lowest BCUT2D eigenvalue weighted by atomic mass is 10.0. The van der Waals surface area contributed by atoms with Crippen molar-refractivity contribution in [2.24, 2.45) is 0 Å². The number of carbonyl (C=O) groups is 2. The minimum Gasteiger partial charge on any atom is -0.456 e. The third kappa shape index (κ3) is 4.28. The lowest BCUT2D eigenvalue weighted by Gasteiger charge is -2.19. The Morgan fingerprint density at radius 1 is 1.05 bits per heavy atom. The lowest BCUT2D eigenvalue weighted by molar-refractivity contribution is 0.00694. The van der Waals surface area contributed by atoms with Crippen LogP contribution >= 0.6 is 15.9 Å². The zero-order chi connectivity index (χ0) is 16.3. The van der Waals surface area contributed by atoms with Gasteiger partial charge in [-0.25, -0.2) is 4.79 Å². The third-order valence-electron chi connectivity index (χ3n) is 2.91. The average Bonchev–Trinajstić information content (AvgIpc) is 2.45. The summed E-state index contributed by atoms with van der Waals surface area (Å²) in [5.74, 6) is -0.362. The number of hydrogen-bond donors (Lipinski definition) is 0.